The summed E-state index contributed by atoms with van der Waals surface area (Å²) in [6, 6.07) is 3.65. The average molecular weight is 264 g/mol. The number of pyridine rings is 1. The van der Waals surface area contributed by atoms with E-state index in [1.807, 2.05) is 19.9 Å². The van der Waals surface area contributed by atoms with E-state index >= 15 is 0 Å². The van der Waals surface area contributed by atoms with Gasteiger partial charge in [-0.15, -0.1) is 0 Å². The van der Waals surface area contributed by atoms with Crippen LogP contribution in [0.25, 0.3) is 0 Å². The van der Waals surface area contributed by atoms with E-state index in [4.69, 9.17) is 4.52 Å². The molecular formula is C13H16N2O2S. The summed E-state index contributed by atoms with van der Waals surface area (Å²) in [4.78, 5) is 11.5. The Kier molecular flexibility index (Phi) is 3.91. The first kappa shape index (κ1) is 13.0. The molecule has 0 spiro atoms. The van der Waals surface area contributed by atoms with Crippen LogP contribution in [0.3, 0.4) is 0 Å². The zero-order valence-electron chi connectivity index (χ0n) is 10.8. The van der Waals surface area contributed by atoms with E-state index in [1.165, 1.54) is 0 Å². The van der Waals surface area contributed by atoms with Crippen molar-refractivity contribution >= 4 is 11.8 Å². The molecule has 18 heavy (non-hydrogen) atoms. The minimum absolute atomic E-state index is 0.0328. The summed E-state index contributed by atoms with van der Waals surface area (Å²) in [5, 5.41) is 3.93. The normalized spacial score (nSPS) is 10.8. The summed E-state index contributed by atoms with van der Waals surface area (Å²) in [6.45, 7) is 3.87. The maximum absolute atomic E-state index is 11.5. The Hall–Kier alpha value is -1.49. The van der Waals surface area contributed by atoms with Gasteiger partial charge in [-0.2, -0.15) is 11.8 Å². The van der Waals surface area contributed by atoms with Gasteiger partial charge in [-0.3, -0.25) is 4.79 Å². The van der Waals surface area contributed by atoms with Crippen LogP contribution in [0.5, 0.6) is 0 Å². The van der Waals surface area contributed by atoms with Gasteiger partial charge in [0.15, 0.2) is 0 Å². The fourth-order valence-corrected chi connectivity index (χ4v) is 2.79. The van der Waals surface area contributed by atoms with E-state index in [1.54, 1.807) is 35.6 Å². The number of nitrogens with zero attached hydrogens (tertiary/aromatic N) is 2. The highest BCUT2D eigenvalue weighted by Crippen LogP contribution is 2.21. The third-order valence-electron chi connectivity index (χ3n) is 2.87. The predicted octanol–water partition coefficient (Wildman–Crippen LogP) is 2.42. The quantitative estimate of drug-likeness (QED) is 0.851. The van der Waals surface area contributed by atoms with Crippen molar-refractivity contribution in [1.82, 2.24) is 9.72 Å². The molecule has 2 heterocycles. The summed E-state index contributed by atoms with van der Waals surface area (Å²) < 4.78 is 6.69. The first-order chi connectivity index (χ1) is 8.58. The number of aromatic nitrogens is 2. The van der Waals surface area contributed by atoms with Gasteiger partial charge < -0.3 is 9.09 Å². The molecule has 2 aromatic rings. The van der Waals surface area contributed by atoms with E-state index in [9.17, 15) is 4.79 Å². The van der Waals surface area contributed by atoms with E-state index in [0.717, 1.165) is 34.1 Å². The van der Waals surface area contributed by atoms with Gasteiger partial charge in [0, 0.05) is 36.4 Å². The van der Waals surface area contributed by atoms with Gasteiger partial charge in [0.1, 0.15) is 5.76 Å². The molecule has 4 nitrogen and oxygen atoms in total. The number of aryl methyl sites for hydroxylation is 3. The minimum atomic E-state index is 0.0328. The van der Waals surface area contributed by atoms with Crippen molar-refractivity contribution in [3.05, 3.63) is 51.3 Å². The molecule has 0 saturated heterocycles. The molecule has 2 rings (SSSR count). The van der Waals surface area contributed by atoms with Crippen molar-refractivity contribution < 1.29 is 4.52 Å². The van der Waals surface area contributed by atoms with Crippen LogP contribution in [-0.2, 0) is 18.6 Å². The van der Waals surface area contributed by atoms with E-state index in [-0.39, 0.29) is 5.56 Å². The second-order valence-corrected chi connectivity index (χ2v) is 5.27. The molecule has 0 saturated carbocycles. The number of hydrogen-bond acceptors (Lipinski definition) is 4. The third-order valence-corrected chi connectivity index (χ3v) is 3.90. The van der Waals surface area contributed by atoms with Crippen LogP contribution in [0.15, 0.2) is 27.6 Å². The Balaban J connectivity index is 1.96. The van der Waals surface area contributed by atoms with Gasteiger partial charge in [-0.05, 0) is 25.5 Å². The van der Waals surface area contributed by atoms with E-state index < -0.39 is 0 Å². The van der Waals surface area contributed by atoms with Gasteiger partial charge in [0.2, 0.25) is 0 Å². The lowest BCUT2D eigenvalue weighted by atomic mass is 10.2. The van der Waals surface area contributed by atoms with Crippen LogP contribution in [0.2, 0.25) is 0 Å². The zero-order chi connectivity index (χ0) is 13.1. The summed E-state index contributed by atoms with van der Waals surface area (Å²) >= 11 is 1.76. The molecular weight excluding hydrogens is 248 g/mol. The van der Waals surface area contributed by atoms with Crippen LogP contribution in [0.4, 0.5) is 0 Å². The number of hydrogen-bond donors (Lipinski definition) is 0. The third kappa shape index (κ3) is 2.85. The van der Waals surface area contributed by atoms with Gasteiger partial charge >= 0.3 is 0 Å². The van der Waals surface area contributed by atoms with Crippen LogP contribution < -0.4 is 5.56 Å². The first-order valence-corrected chi connectivity index (χ1v) is 6.88. The van der Waals surface area contributed by atoms with Crippen molar-refractivity contribution in [2.24, 2.45) is 7.05 Å². The Bertz CT molecular complexity index is 582. The van der Waals surface area contributed by atoms with Gasteiger partial charge in [0.25, 0.3) is 5.56 Å². The molecule has 0 aliphatic heterocycles. The molecule has 0 amide bonds. The van der Waals surface area contributed by atoms with E-state index in [2.05, 4.69) is 5.16 Å². The molecule has 0 atom stereocenters. The molecule has 96 valence electrons. The van der Waals surface area contributed by atoms with Crippen LogP contribution in [0.1, 0.15) is 22.6 Å². The highest BCUT2D eigenvalue weighted by molar-refractivity contribution is 7.97. The lowest BCUT2D eigenvalue weighted by Crippen LogP contribution is -2.14. The van der Waals surface area contributed by atoms with Crippen LogP contribution in [-0.4, -0.2) is 9.72 Å². The minimum Gasteiger partial charge on any atom is -0.361 e. The molecule has 0 unspecified atom stereocenters. The predicted molar refractivity (Wildman–Crippen MR) is 72.7 cm³/mol. The summed E-state index contributed by atoms with van der Waals surface area (Å²) in [5.74, 6) is 2.56. The number of thioether (sulfide) groups is 1. The Labute approximate surface area is 110 Å². The van der Waals surface area contributed by atoms with Gasteiger partial charge in [-0.1, -0.05) is 5.16 Å². The van der Waals surface area contributed by atoms with Gasteiger partial charge in [0.05, 0.1) is 5.69 Å². The molecule has 0 aromatic carbocycles. The van der Waals surface area contributed by atoms with Crippen molar-refractivity contribution in [3.63, 3.8) is 0 Å². The molecule has 0 aliphatic rings. The monoisotopic (exact) mass is 264 g/mol. The van der Waals surface area contributed by atoms with E-state index in [0.29, 0.717) is 0 Å². The summed E-state index contributed by atoms with van der Waals surface area (Å²) in [7, 11) is 1.75. The van der Waals surface area contributed by atoms with Crippen molar-refractivity contribution in [1.29, 1.82) is 0 Å². The highest BCUT2D eigenvalue weighted by atomic mass is 32.2. The smallest absolute Gasteiger partial charge is 0.250 e. The Morgan fingerprint density at radius 3 is 2.78 bits per heavy atom. The first-order valence-electron chi connectivity index (χ1n) is 5.73. The van der Waals surface area contributed by atoms with Gasteiger partial charge in [-0.25, -0.2) is 0 Å². The molecule has 0 bridgehead atoms. The van der Waals surface area contributed by atoms with Crippen molar-refractivity contribution in [2.75, 3.05) is 0 Å². The maximum Gasteiger partial charge on any atom is 0.250 e. The topological polar surface area (TPSA) is 48.0 Å². The average Bonchev–Trinajstić information content (AvgIpc) is 2.65. The second kappa shape index (κ2) is 5.44. The molecule has 0 N–H and O–H groups in total. The Morgan fingerprint density at radius 1 is 1.39 bits per heavy atom. The van der Waals surface area contributed by atoms with Crippen molar-refractivity contribution in [3.8, 4) is 0 Å². The SMILES string of the molecule is Cc1noc(C)c1CSCc1ccn(C)c(=O)c1. The van der Waals surface area contributed by atoms with Crippen LogP contribution in [0, 0.1) is 13.8 Å². The second-order valence-electron chi connectivity index (χ2n) is 4.28. The highest BCUT2D eigenvalue weighted by Gasteiger charge is 2.08. The fourth-order valence-electron chi connectivity index (χ4n) is 1.66. The summed E-state index contributed by atoms with van der Waals surface area (Å²) in [5.41, 5.74) is 3.19. The molecule has 2 aromatic heterocycles. The lowest BCUT2D eigenvalue weighted by Gasteiger charge is -2.03. The summed E-state index contributed by atoms with van der Waals surface area (Å²) in [6.07, 6.45) is 1.80. The molecule has 0 radical (unpaired) electrons. The molecule has 0 aliphatic carbocycles. The van der Waals surface area contributed by atoms with Crippen LogP contribution >= 0.6 is 11.8 Å². The lowest BCUT2D eigenvalue weighted by molar-refractivity contribution is 0.392. The molecule has 0 fully saturated rings. The fraction of sp³-hybridized carbons (Fsp3) is 0.385. The van der Waals surface area contributed by atoms with Crippen molar-refractivity contribution in [2.45, 2.75) is 25.4 Å². The largest absolute Gasteiger partial charge is 0.361 e. The zero-order valence-corrected chi connectivity index (χ0v) is 11.6. The number of rotatable bonds is 4. The maximum atomic E-state index is 11.5. The standard InChI is InChI=1S/C13H16N2O2S/c1-9-12(10(2)17-14-9)8-18-7-11-4-5-15(3)13(16)6-11/h4-6H,7-8H2,1-3H3. The molecule has 5 heteroatoms. The Morgan fingerprint density at radius 2 is 2.17 bits per heavy atom.